The predicted molar refractivity (Wildman–Crippen MR) is 181 cm³/mol. The zero-order valence-corrected chi connectivity index (χ0v) is 29.7. The average Bonchev–Trinajstić information content (AvgIpc) is 3.64. The van der Waals surface area contributed by atoms with Gasteiger partial charge in [0.15, 0.2) is 11.9 Å². The Bertz CT molecular complexity index is 1330. The van der Waals surface area contributed by atoms with Crippen LogP contribution in [0.4, 0.5) is 4.79 Å². The van der Waals surface area contributed by atoms with Crippen LogP contribution in [0.5, 0.6) is 0 Å². The van der Waals surface area contributed by atoms with Gasteiger partial charge < -0.3 is 24.6 Å². The number of aryl methyl sites for hydroxylation is 1. The number of carbonyl (C=O) groups excluding carboxylic acids is 2. The first kappa shape index (κ1) is 37.0. The Balaban J connectivity index is 1.54. The van der Waals surface area contributed by atoms with E-state index in [0.29, 0.717) is 31.7 Å². The van der Waals surface area contributed by atoms with Crippen LogP contribution in [0.25, 0.3) is 11.4 Å². The van der Waals surface area contributed by atoms with Crippen LogP contribution in [-0.4, -0.2) is 106 Å². The summed E-state index contributed by atoms with van der Waals surface area (Å²) in [5.74, 6) is -1.09. The Labute approximate surface area is 280 Å². The molecule has 4 rings (SSSR count). The number of aliphatic hydroxyl groups is 1. The molecule has 2 saturated heterocycles. The fourth-order valence-corrected chi connectivity index (χ4v) is 7.55. The van der Waals surface area contributed by atoms with Gasteiger partial charge in [0.2, 0.25) is 0 Å². The van der Waals surface area contributed by atoms with Crippen LogP contribution >= 0.6 is 0 Å². The van der Waals surface area contributed by atoms with Crippen molar-refractivity contribution in [1.29, 1.82) is 0 Å². The SMILES string of the molecule is B[C@@H]1[C@H](C)C(=O)[C@@H](C)C(O)O[C@H](CC)[C@@]2(C)OC(=O)N(CCCCn3cc(-c4ccccn4)nn3)[C@@H]2[C@@H](C)NC[C@H](C)C[C@@]1(C)OC. The van der Waals surface area contributed by atoms with Gasteiger partial charge in [-0.3, -0.25) is 19.4 Å². The lowest BCUT2D eigenvalue weighted by Gasteiger charge is -2.42. The minimum absolute atomic E-state index is 0.0802. The number of nitrogens with one attached hydrogen (secondary N) is 1. The number of hydrogen-bond acceptors (Lipinski definition) is 10. The molecule has 2 N–H and O–H groups in total. The number of ketones is 1. The number of aromatic nitrogens is 4. The number of pyridine rings is 1. The normalized spacial score (nSPS) is 36.0. The van der Waals surface area contributed by atoms with E-state index in [1.807, 2.05) is 53.0 Å². The highest BCUT2D eigenvalue weighted by Crippen LogP contribution is 2.41. The highest BCUT2D eigenvalue weighted by Gasteiger charge is 2.58. The quantitative estimate of drug-likeness (QED) is 0.321. The third-order valence-electron chi connectivity index (χ3n) is 10.8. The van der Waals surface area contributed by atoms with Crippen molar-refractivity contribution in [3.8, 4) is 11.4 Å². The summed E-state index contributed by atoms with van der Waals surface area (Å²) in [6, 6.07) is 5.14. The monoisotopic (exact) mass is 654 g/mol. The molecule has 4 heterocycles. The van der Waals surface area contributed by atoms with Gasteiger partial charge in [-0.2, -0.15) is 0 Å². The van der Waals surface area contributed by atoms with Crippen molar-refractivity contribution >= 4 is 19.7 Å². The van der Waals surface area contributed by atoms with E-state index in [-0.39, 0.29) is 35.5 Å². The van der Waals surface area contributed by atoms with Crippen LogP contribution in [0.3, 0.4) is 0 Å². The Morgan fingerprint density at radius 2 is 1.83 bits per heavy atom. The van der Waals surface area contributed by atoms with Gasteiger partial charge in [0.1, 0.15) is 25.4 Å². The number of methoxy groups -OCH3 is 1. The van der Waals surface area contributed by atoms with E-state index >= 15 is 0 Å². The number of rotatable bonds is 8. The smallest absolute Gasteiger partial charge is 0.410 e. The van der Waals surface area contributed by atoms with Crippen molar-refractivity contribution in [3.63, 3.8) is 0 Å². The molecule has 10 atom stereocenters. The molecule has 2 aliphatic heterocycles. The number of amides is 1. The zero-order chi connectivity index (χ0) is 34.5. The van der Waals surface area contributed by atoms with E-state index in [4.69, 9.17) is 14.2 Å². The molecule has 2 aliphatic rings. The van der Waals surface area contributed by atoms with Crippen LogP contribution in [0.1, 0.15) is 74.1 Å². The van der Waals surface area contributed by atoms with Gasteiger partial charge in [0, 0.05) is 38.4 Å². The third-order valence-corrected chi connectivity index (χ3v) is 10.8. The first-order valence-electron chi connectivity index (χ1n) is 17.2. The molecular formula is C34H55BN6O6. The molecule has 0 spiro atoms. The first-order valence-corrected chi connectivity index (χ1v) is 17.2. The number of Topliss-reactive ketones (excluding diaryl/α,β-unsaturated/α-hetero) is 1. The summed E-state index contributed by atoms with van der Waals surface area (Å²) in [6.07, 6.45) is 3.91. The molecule has 1 amide bonds. The standard InChI is InChI=1S/C34H55BN6O6/c1-9-27-34(7)30(41(32(44)47-34)17-13-12-16-40-20-26(38-39-40)25-14-10-11-15-36-25)24(5)37-19-21(2)18-33(6,45-8)29(35)22(3)28(42)23(4)31(43)46-27/h10-11,14-15,20-24,27,29-31,37,43H,9,12-13,16-19,35H2,1-8H3/t21-,22-,23-,24-,27-,29-,30-,31?,33-,34-/m1/s1. The number of hydrogen-bond donors (Lipinski definition) is 2. The molecular weight excluding hydrogens is 599 g/mol. The second-order valence-corrected chi connectivity index (χ2v) is 14.2. The molecule has 47 heavy (non-hydrogen) atoms. The van der Waals surface area contributed by atoms with Gasteiger partial charge in [-0.1, -0.05) is 39.0 Å². The maximum Gasteiger partial charge on any atom is 0.410 e. The molecule has 2 aromatic heterocycles. The fourth-order valence-electron chi connectivity index (χ4n) is 7.55. The van der Waals surface area contributed by atoms with Crippen LogP contribution in [-0.2, 0) is 25.5 Å². The number of ether oxygens (including phenoxy) is 3. The molecule has 13 heteroatoms. The summed E-state index contributed by atoms with van der Waals surface area (Å²) >= 11 is 0. The van der Waals surface area contributed by atoms with Gasteiger partial charge in [-0.05, 0) is 76.9 Å². The summed E-state index contributed by atoms with van der Waals surface area (Å²) in [7, 11) is 3.75. The van der Waals surface area contributed by atoms with Crippen LogP contribution < -0.4 is 5.32 Å². The van der Waals surface area contributed by atoms with Gasteiger partial charge in [0.05, 0.1) is 29.5 Å². The number of carbonyl (C=O) groups is 2. The summed E-state index contributed by atoms with van der Waals surface area (Å²) < 4.78 is 20.3. The average molecular weight is 655 g/mol. The molecule has 0 aliphatic carbocycles. The lowest BCUT2D eigenvalue weighted by atomic mass is 9.62. The second-order valence-electron chi connectivity index (χ2n) is 14.2. The molecule has 12 nitrogen and oxygen atoms in total. The highest BCUT2D eigenvalue weighted by atomic mass is 16.6. The van der Waals surface area contributed by atoms with E-state index in [2.05, 4.69) is 41.4 Å². The van der Waals surface area contributed by atoms with E-state index in [1.54, 1.807) is 29.8 Å². The van der Waals surface area contributed by atoms with Crippen molar-refractivity contribution < 1.29 is 28.9 Å². The van der Waals surface area contributed by atoms with Crippen LogP contribution in [0.15, 0.2) is 30.6 Å². The first-order chi connectivity index (χ1) is 22.3. The molecule has 0 bridgehead atoms. The van der Waals surface area contributed by atoms with Gasteiger partial charge >= 0.3 is 6.09 Å². The van der Waals surface area contributed by atoms with Gasteiger partial charge in [-0.15, -0.1) is 5.10 Å². The maximum absolute atomic E-state index is 13.7. The number of nitrogens with zero attached hydrogens (tertiary/aromatic N) is 5. The van der Waals surface area contributed by atoms with Crippen LogP contribution in [0.2, 0.25) is 5.82 Å². The number of fused-ring (bicyclic) bond motifs is 1. The molecule has 2 aromatic rings. The highest BCUT2D eigenvalue weighted by molar-refractivity contribution is 6.14. The summed E-state index contributed by atoms with van der Waals surface area (Å²) in [5.41, 5.74) is -0.139. The molecule has 0 radical (unpaired) electrons. The van der Waals surface area contributed by atoms with E-state index in [0.717, 1.165) is 25.0 Å². The Morgan fingerprint density at radius 1 is 1.11 bits per heavy atom. The number of unbranched alkanes of at least 4 members (excludes halogenated alkanes) is 1. The van der Waals surface area contributed by atoms with Gasteiger partial charge in [-0.25, -0.2) is 4.79 Å². The maximum atomic E-state index is 13.7. The summed E-state index contributed by atoms with van der Waals surface area (Å²) in [4.78, 5) is 33.4. The van der Waals surface area contributed by atoms with E-state index < -0.39 is 35.6 Å². The summed E-state index contributed by atoms with van der Waals surface area (Å²) in [6.45, 7) is 15.6. The molecule has 1 unspecified atom stereocenters. The van der Waals surface area contributed by atoms with E-state index in [1.165, 1.54) is 0 Å². The number of aliphatic hydroxyl groups excluding tert-OH is 1. The van der Waals surface area contributed by atoms with Crippen molar-refractivity contribution in [2.75, 3.05) is 20.2 Å². The Morgan fingerprint density at radius 3 is 2.49 bits per heavy atom. The van der Waals surface area contributed by atoms with Crippen molar-refractivity contribution in [2.24, 2.45) is 17.8 Å². The fraction of sp³-hybridized carbons (Fsp3) is 0.735. The molecule has 260 valence electrons. The van der Waals surface area contributed by atoms with E-state index in [9.17, 15) is 14.7 Å². The molecule has 0 aromatic carbocycles. The topological polar surface area (TPSA) is 141 Å². The zero-order valence-electron chi connectivity index (χ0n) is 29.7. The van der Waals surface area contributed by atoms with Crippen molar-refractivity contribution in [2.45, 2.75) is 122 Å². The molecule has 2 fully saturated rings. The third kappa shape index (κ3) is 8.06. The summed E-state index contributed by atoms with van der Waals surface area (Å²) in [5, 5.41) is 23.5. The Kier molecular flexibility index (Phi) is 12.2. The molecule has 0 saturated carbocycles. The minimum atomic E-state index is -1.35. The lowest BCUT2D eigenvalue weighted by Crippen LogP contribution is -2.61. The lowest BCUT2D eigenvalue weighted by molar-refractivity contribution is -0.210. The van der Waals surface area contributed by atoms with Crippen molar-refractivity contribution in [3.05, 3.63) is 30.6 Å². The second kappa shape index (κ2) is 15.6. The Hall–Kier alpha value is -2.87. The van der Waals surface area contributed by atoms with Gasteiger partial charge in [0.25, 0.3) is 0 Å². The predicted octanol–water partition coefficient (Wildman–Crippen LogP) is 3.50. The largest absolute Gasteiger partial charge is 0.438 e. The van der Waals surface area contributed by atoms with Crippen molar-refractivity contribution in [1.82, 2.24) is 30.2 Å². The minimum Gasteiger partial charge on any atom is -0.438 e. The van der Waals surface area contributed by atoms with Crippen LogP contribution in [0, 0.1) is 17.8 Å².